The van der Waals surface area contributed by atoms with Crippen LogP contribution in [0.2, 0.25) is 5.02 Å². The molecule has 0 radical (unpaired) electrons. The molecule has 6 nitrogen and oxygen atoms in total. The quantitative estimate of drug-likeness (QED) is 0.671. The summed E-state index contributed by atoms with van der Waals surface area (Å²) < 4.78 is 0. The lowest BCUT2D eigenvalue weighted by Crippen LogP contribution is -2.63. The van der Waals surface area contributed by atoms with E-state index in [1.807, 2.05) is 0 Å². The number of hydrogen-bond donors (Lipinski definition) is 1. The molecule has 24 heavy (non-hydrogen) atoms. The molecule has 0 unspecified atom stereocenters. The normalized spacial score (nSPS) is 19.6. The third-order valence-corrected chi connectivity index (χ3v) is 5.04. The van der Waals surface area contributed by atoms with Crippen LogP contribution < -0.4 is 5.43 Å². The lowest BCUT2D eigenvalue weighted by molar-refractivity contribution is -0.136. The molecule has 1 aliphatic heterocycles. The van der Waals surface area contributed by atoms with Gasteiger partial charge in [-0.2, -0.15) is 0 Å². The summed E-state index contributed by atoms with van der Waals surface area (Å²) >= 11 is 6.13. The molecule has 1 heterocycles. The Balaban J connectivity index is 2.07. The molecule has 0 spiro atoms. The van der Waals surface area contributed by atoms with E-state index in [9.17, 15) is 14.4 Å². The van der Waals surface area contributed by atoms with Crippen molar-refractivity contribution in [1.29, 1.82) is 0 Å². The SMILES string of the molecule is CN(C)NC(=O)C1(N2C(=O)c3cccc(Cl)c3C2=O)CCCCC1. The van der Waals surface area contributed by atoms with E-state index in [0.29, 0.717) is 12.8 Å². The van der Waals surface area contributed by atoms with Gasteiger partial charge in [0.25, 0.3) is 17.7 Å². The molecule has 0 bridgehead atoms. The number of imide groups is 1. The summed E-state index contributed by atoms with van der Waals surface area (Å²) in [4.78, 5) is 39.9. The number of hydrazine groups is 1. The van der Waals surface area contributed by atoms with E-state index in [0.717, 1.165) is 24.2 Å². The van der Waals surface area contributed by atoms with Crippen LogP contribution in [-0.2, 0) is 4.79 Å². The number of carbonyl (C=O) groups is 3. The van der Waals surface area contributed by atoms with Crippen molar-refractivity contribution in [1.82, 2.24) is 15.3 Å². The van der Waals surface area contributed by atoms with Gasteiger partial charge < -0.3 is 0 Å². The fraction of sp³-hybridized carbons (Fsp3) is 0.471. The average molecular weight is 350 g/mol. The Morgan fingerprint density at radius 2 is 1.83 bits per heavy atom. The van der Waals surface area contributed by atoms with Gasteiger partial charge in [-0.25, -0.2) is 5.01 Å². The zero-order chi connectivity index (χ0) is 17.5. The Kier molecular flexibility index (Phi) is 4.36. The van der Waals surface area contributed by atoms with E-state index in [-0.39, 0.29) is 22.1 Å². The van der Waals surface area contributed by atoms with Crippen LogP contribution in [0.3, 0.4) is 0 Å². The van der Waals surface area contributed by atoms with Crippen molar-refractivity contribution in [3.05, 3.63) is 34.3 Å². The minimum Gasteiger partial charge on any atom is -0.287 e. The van der Waals surface area contributed by atoms with E-state index in [4.69, 9.17) is 11.6 Å². The van der Waals surface area contributed by atoms with Gasteiger partial charge in [-0.1, -0.05) is 36.9 Å². The molecule has 1 N–H and O–H groups in total. The van der Waals surface area contributed by atoms with Crippen molar-refractivity contribution < 1.29 is 14.4 Å². The first-order chi connectivity index (χ1) is 11.4. The molecular weight excluding hydrogens is 330 g/mol. The zero-order valence-electron chi connectivity index (χ0n) is 13.8. The second-order valence-electron chi connectivity index (χ2n) is 6.54. The van der Waals surface area contributed by atoms with Crippen LogP contribution in [0.15, 0.2) is 18.2 Å². The number of amides is 3. The summed E-state index contributed by atoms with van der Waals surface area (Å²) in [6.07, 6.45) is 3.51. The molecule has 1 saturated carbocycles. The minimum atomic E-state index is -1.15. The van der Waals surface area contributed by atoms with Crippen LogP contribution in [0, 0.1) is 0 Å². The summed E-state index contributed by atoms with van der Waals surface area (Å²) in [5, 5.41) is 1.77. The number of hydrogen-bond acceptors (Lipinski definition) is 4. The van der Waals surface area contributed by atoms with Crippen LogP contribution in [0.5, 0.6) is 0 Å². The number of rotatable bonds is 3. The summed E-state index contributed by atoms with van der Waals surface area (Å²) in [6.45, 7) is 0. The van der Waals surface area contributed by atoms with Crippen molar-refractivity contribution in [3.8, 4) is 0 Å². The van der Waals surface area contributed by atoms with Gasteiger partial charge >= 0.3 is 0 Å². The Bertz CT molecular complexity index is 711. The maximum absolute atomic E-state index is 12.9. The maximum atomic E-state index is 12.9. The Labute approximate surface area is 145 Å². The monoisotopic (exact) mass is 349 g/mol. The molecule has 1 aliphatic carbocycles. The van der Waals surface area contributed by atoms with Crippen LogP contribution >= 0.6 is 11.6 Å². The molecule has 3 rings (SSSR count). The third kappa shape index (κ3) is 2.50. The summed E-state index contributed by atoms with van der Waals surface area (Å²) in [5.41, 5.74) is 2.05. The minimum absolute atomic E-state index is 0.201. The first-order valence-electron chi connectivity index (χ1n) is 8.04. The number of nitrogens with one attached hydrogen (secondary N) is 1. The highest BCUT2D eigenvalue weighted by molar-refractivity contribution is 6.37. The van der Waals surface area contributed by atoms with Crippen LogP contribution in [0.25, 0.3) is 0 Å². The molecule has 128 valence electrons. The first kappa shape index (κ1) is 16.9. The van der Waals surface area contributed by atoms with Gasteiger partial charge in [0, 0.05) is 14.1 Å². The van der Waals surface area contributed by atoms with Gasteiger partial charge in [0.15, 0.2) is 0 Å². The van der Waals surface area contributed by atoms with E-state index in [1.165, 1.54) is 5.01 Å². The highest BCUT2D eigenvalue weighted by Crippen LogP contribution is 2.40. The fourth-order valence-corrected chi connectivity index (χ4v) is 3.88. The number of halogens is 1. The van der Waals surface area contributed by atoms with Gasteiger partial charge in [0.1, 0.15) is 5.54 Å². The zero-order valence-corrected chi connectivity index (χ0v) is 14.5. The Morgan fingerprint density at radius 3 is 2.42 bits per heavy atom. The van der Waals surface area contributed by atoms with Crippen molar-refractivity contribution in [3.63, 3.8) is 0 Å². The van der Waals surface area contributed by atoms with E-state index >= 15 is 0 Å². The number of nitrogens with zero attached hydrogens (tertiary/aromatic N) is 2. The van der Waals surface area contributed by atoms with Crippen LogP contribution in [0.4, 0.5) is 0 Å². The van der Waals surface area contributed by atoms with Gasteiger partial charge in [0.2, 0.25) is 0 Å². The molecule has 1 fully saturated rings. The predicted molar refractivity (Wildman–Crippen MR) is 89.6 cm³/mol. The standard InChI is InChI=1S/C17H20ClN3O3/c1-20(2)19-16(24)17(9-4-3-5-10-17)21-14(22)11-7-6-8-12(18)13(11)15(21)23/h6-8H,3-5,9-10H2,1-2H3,(H,19,24). The highest BCUT2D eigenvalue weighted by atomic mass is 35.5. The van der Waals surface area contributed by atoms with E-state index < -0.39 is 17.4 Å². The van der Waals surface area contributed by atoms with Gasteiger partial charge in [0.05, 0.1) is 16.1 Å². The molecule has 7 heteroatoms. The smallest absolute Gasteiger partial charge is 0.264 e. The lowest BCUT2D eigenvalue weighted by atomic mass is 9.79. The van der Waals surface area contributed by atoms with Crippen molar-refractivity contribution in [2.75, 3.05) is 14.1 Å². The summed E-state index contributed by atoms with van der Waals surface area (Å²) in [6, 6.07) is 4.81. The molecule has 1 aromatic rings. The molecule has 1 aromatic carbocycles. The third-order valence-electron chi connectivity index (χ3n) is 4.72. The number of benzene rings is 1. The molecule has 3 amide bonds. The summed E-state index contributed by atoms with van der Waals surface area (Å²) in [5.74, 6) is -1.23. The Morgan fingerprint density at radius 1 is 1.17 bits per heavy atom. The number of fused-ring (bicyclic) bond motifs is 1. The van der Waals surface area contributed by atoms with Crippen molar-refractivity contribution >= 4 is 29.3 Å². The topological polar surface area (TPSA) is 69.7 Å². The van der Waals surface area contributed by atoms with Gasteiger partial charge in [-0.3, -0.25) is 24.7 Å². The molecule has 2 aliphatic rings. The maximum Gasteiger partial charge on any atom is 0.264 e. The van der Waals surface area contributed by atoms with Crippen molar-refractivity contribution in [2.45, 2.75) is 37.6 Å². The predicted octanol–water partition coefficient (Wildman–Crippen LogP) is 2.23. The summed E-state index contributed by atoms with van der Waals surface area (Å²) in [7, 11) is 3.40. The van der Waals surface area contributed by atoms with E-state index in [1.54, 1.807) is 32.3 Å². The average Bonchev–Trinajstić information content (AvgIpc) is 2.80. The highest BCUT2D eigenvalue weighted by Gasteiger charge is 2.54. The lowest BCUT2D eigenvalue weighted by Gasteiger charge is -2.42. The van der Waals surface area contributed by atoms with E-state index in [2.05, 4.69) is 5.43 Å². The van der Waals surface area contributed by atoms with Crippen LogP contribution in [0.1, 0.15) is 52.8 Å². The molecule has 0 aromatic heterocycles. The molecule has 0 saturated heterocycles. The van der Waals surface area contributed by atoms with Gasteiger partial charge in [-0.05, 0) is 25.0 Å². The second kappa shape index (κ2) is 6.18. The first-order valence-corrected chi connectivity index (χ1v) is 8.42. The molecule has 0 atom stereocenters. The number of carbonyl (C=O) groups excluding carboxylic acids is 3. The second-order valence-corrected chi connectivity index (χ2v) is 6.94. The Hall–Kier alpha value is -1.92. The fourth-order valence-electron chi connectivity index (χ4n) is 3.63. The molecular formula is C17H20ClN3O3. The largest absolute Gasteiger partial charge is 0.287 e. The van der Waals surface area contributed by atoms with Crippen molar-refractivity contribution in [2.24, 2.45) is 0 Å². The van der Waals surface area contributed by atoms with Gasteiger partial charge in [-0.15, -0.1) is 0 Å². The van der Waals surface area contributed by atoms with Crippen LogP contribution in [-0.4, -0.2) is 47.3 Å².